The Morgan fingerprint density at radius 2 is 1.19 bits per heavy atom. The molecule has 0 radical (unpaired) electrons. The summed E-state index contributed by atoms with van der Waals surface area (Å²) in [6.07, 6.45) is 2.82. The molecule has 2 aliphatic heterocycles. The molecule has 2 aliphatic rings. The summed E-state index contributed by atoms with van der Waals surface area (Å²) in [6, 6.07) is 0. The van der Waals surface area contributed by atoms with Crippen molar-refractivity contribution >= 4 is 88.1 Å². The minimum Gasteiger partial charge on any atom is -0.445 e. The smallest absolute Gasteiger partial charge is 0.409 e. The van der Waals surface area contributed by atoms with Gasteiger partial charge in [-0.15, -0.1) is 0 Å². The quantitative estimate of drug-likeness (QED) is 0.387. The van der Waals surface area contributed by atoms with Crippen molar-refractivity contribution in [3.8, 4) is 0 Å². The lowest BCUT2D eigenvalue weighted by molar-refractivity contribution is -0.112. The van der Waals surface area contributed by atoms with Crippen LogP contribution in [0.25, 0.3) is 0 Å². The zero-order valence-electron chi connectivity index (χ0n) is 17.2. The van der Waals surface area contributed by atoms with E-state index in [9.17, 15) is 14.4 Å². The van der Waals surface area contributed by atoms with E-state index >= 15 is 0 Å². The van der Waals surface area contributed by atoms with Gasteiger partial charge in [0.05, 0.1) is 0 Å². The first-order valence-corrected chi connectivity index (χ1v) is 12.1. The summed E-state index contributed by atoms with van der Waals surface area (Å²) in [5.74, 6) is 0.314. The first-order valence-electron chi connectivity index (χ1n) is 9.87. The number of carbonyl (C=O) groups is 3. The summed E-state index contributed by atoms with van der Waals surface area (Å²) in [4.78, 5) is 36.6. The Morgan fingerprint density at radius 3 is 1.50 bits per heavy atom. The lowest BCUT2D eigenvalue weighted by Gasteiger charge is -2.30. The van der Waals surface area contributed by atoms with E-state index in [1.165, 1.54) is 4.90 Å². The van der Waals surface area contributed by atoms with Crippen molar-refractivity contribution in [3.63, 3.8) is 0 Å². The Morgan fingerprint density at radius 1 is 0.812 bits per heavy atom. The highest BCUT2D eigenvalue weighted by Crippen LogP contribution is 2.27. The average Bonchev–Trinajstić information content (AvgIpc) is 2.75. The number of aldehydes is 1. The fourth-order valence-electron chi connectivity index (χ4n) is 2.99. The number of aliphatic hydroxyl groups is 1. The van der Waals surface area contributed by atoms with Crippen LogP contribution in [0.2, 0.25) is 0 Å². The number of carbonyl (C=O) groups excluding carboxylic acids is 3. The molecule has 0 aromatic carbocycles. The summed E-state index contributed by atoms with van der Waals surface area (Å²) in [5.41, 5.74) is 0. The number of alkyl halides is 6. The van der Waals surface area contributed by atoms with Crippen molar-refractivity contribution in [2.24, 2.45) is 11.8 Å². The molecule has 8 nitrogen and oxygen atoms in total. The standard InChI is InChI=1S/C9H14Cl3NO3.C9H12Cl3NO3/c2*10-9(11,12)6-16-8(15)13-3-1-7(5-14)2-4-13/h7,14H,1-6H2;5,7H,1-4,6H2. The normalized spacial score (nSPS) is 18.5. The van der Waals surface area contributed by atoms with E-state index < -0.39 is 19.8 Å². The van der Waals surface area contributed by atoms with Crippen LogP contribution < -0.4 is 0 Å². The van der Waals surface area contributed by atoms with Crippen molar-refractivity contribution in [2.45, 2.75) is 33.3 Å². The molecule has 0 aromatic rings. The lowest BCUT2D eigenvalue weighted by atomic mass is 9.98. The van der Waals surface area contributed by atoms with E-state index in [0.717, 1.165) is 19.1 Å². The van der Waals surface area contributed by atoms with Crippen LogP contribution in [0.5, 0.6) is 0 Å². The maximum absolute atomic E-state index is 11.5. The van der Waals surface area contributed by atoms with Gasteiger partial charge in [-0.05, 0) is 31.6 Å². The van der Waals surface area contributed by atoms with Gasteiger partial charge in [0, 0.05) is 38.7 Å². The minimum absolute atomic E-state index is 0.0391. The molecule has 0 aliphatic carbocycles. The predicted octanol–water partition coefficient (Wildman–Crippen LogP) is 4.60. The Hall–Kier alpha value is -0.0900. The summed E-state index contributed by atoms with van der Waals surface area (Å²) in [6.45, 7) is 1.79. The number of hydrogen-bond acceptors (Lipinski definition) is 6. The fraction of sp³-hybridized carbons (Fsp3) is 0.833. The number of aliphatic hydroxyl groups excluding tert-OH is 1. The van der Waals surface area contributed by atoms with Gasteiger partial charge in [0.2, 0.25) is 7.59 Å². The fourth-order valence-corrected chi connectivity index (χ4v) is 3.31. The van der Waals surface area contributed by atoms with Crippen LogP contribution in [0.4, 0.5) is 9.59 Å². The van der Waals surface area contributed by atoms with Gasteiger partial charge in [-0.2, -0.15) is 0 Å². The molecule has 1 N–H and O–H groups in total. The largest absolute Gasteiger partial charge is 0.445 e. The second-order valence-corrected chi connectivity index (χ2v) is 12.4. The number of likely N-dealkylation sites (tertiary alicyclic amines) is 2. The highest BCUT2D eigenvalue weighted by atomic mass is 35.6. The van der Waals surface area contributed by atoms with Gasteiger partial charge in [-0.3, -0.25) is 0 Å². The second kappa shape index (κ2) is 14.3. The van der Waals surface area contributed by atoms with E-state index in [1.807, 2.05) is 0 Å². The Bertz CT molecular complexity index is 600. The third kappa shape index (κ3) is 13.0. The molecule has 0 bridgehead atoms. The van der Waals surface area contributed by atoms with E-state index in [1.54, 1.807) is 4.90 Å². The van der Waals surface area contributed by atoms with Crippen LogP contribution in [-0.2, 0) is 14.3 Å². The minimum atomic E-state index is -1.59. The lowest BCUT2D eigenvalue weighted by Crippen LogP contribution is -2.40. The molecule has 2 amide bonds. The maximum Gasteiger partial charge on any atom is 0.409 e. The van der Waals surface area contributed by atoms with Gasteiger partial charge >= 0.3 is 12.2 Å². The van der Waals surface area contributed by atoms with Gasteiger partial charge in [-0.1, -0.05) is 69.6 Å². The van der Waals surface area contributed by atoms with Gasteiger partial charge in [0.25, 0.3) is 0 Å². The number of halogens is 6. The summed E-state index contributed by atoms with van der Waals surface area (Å²) >= 11 is 32.7. The van der Waals surface area contributed by atoms with Crippen LogP contribution in [-0.4, -0.2) is 87.0 Å². The highest BCUT2D eigenvalue weighted by Gasteiger charge is 2.28. The Kier molecular flexibility index (Phi) is 13.4. The van der Waals surface area contributed by atoms with Gasteiger partial charge < -0.3 is 29.2 Å². The van der Waals surface area contributed by atoms with Crippen LogP contribution in [0.15, 0.2) is 0 Å². The molecule has 0 spiro atoms. The number of piperidine rings is 2. The molecule has 2 rings (SSSR count). The first kappa shape index (κ1) is 29.9. The molecule has 2 heterocycles. The maximum atomic E-state index is 11.5. The Labute approximate surface area is 217 Å². The SMILES string of the molecule is O=C(OCC(Cl)(Cl)Cl)N1CCC(CO)CC1.O=CC1CCN(C(=O)OCC(Cl)(Cl)Cl)CC1. The zero-order valence-corrected chi connectivity index (χ0v) is 21.7. The number of ether oxygens (including phenoxy) is 2. The molecule has 32 heavy (non-hydrogen) atoms. The molecular formula is C18H26Cl6N2O6. The summed E-state index contributed by atoms with van der Waals surface area (Å²) in [5, 5.41) is 8.94. The summed E-state index contributed by atoms with van der Waals surface area (Å²) in [7, 11) is 0. The molecule has 0 atom stereocenters. The average molecular weight is 579 g/mol. The van der Waals surface area contributed by atoms with Crippen LogP contribution in [0.3, 0.4) is 0 Å². The third-order valence-corrected chi connectivity index (χ3v) is 5.49. The third-order valence-electron chi connectivity index (χ3n) is 4.84. The van der Waals surface area contributed by atoms with Gasteiger partial charge in [0.1, 0.15) is 19.5 Å². The predicted molar refractivity (Wildman–Crippen MR) is 125 cm³/mol. The number of hydrogen-bond donors (Lipinski definition) is 1. The second-order valence-electron chi connectivity index (χ2n) is 7.41. The topological polar surface area (TPSA) is 96.4 Å². The molecule has 14 heteroatoms. The summed E-state index contributed by atoms with van der Waals surface area (Å²) < 4.78 is 6.50. The zero-order chi connectivity index (χ0) is 24.4. The molecule has 0 unspecified atom stereocenters. The number of amides is 2. The van der Waals surface area contributed by atoms with Crippen molar-refractivity contribution < 1.29 is 29.0 Å². The first-order chi connectivity index (χ1) is 14.8. The van der Waals surface area contributed by atoms with Crippen molar-refractivity contribution in [1.82, 2.24) is 9.80 Å². The monoisotopic (exact) mass is 576 g/mol. The molecule has 0 aromatic heterocycles. The van der Waals surface area contributed by atoms with Crippen molar-refractivity contribution in [3.05, 3.63) is 0 Å². The number of rotatable bonds is 4. The number of nitrogens with zero attached hydrogens (tertiary/aromatic N) is 2. The van der Waals surface area contributed by atoms with Crippen molar-refractivity contribution in [2.75, 3.05) is 46.0 Å². The van der Waals surface area contributed by atoms with E-state index in [-0.39, 0.29) is 31.7 Å². The van der Waals surface area contributed by atoms with E-state index in [0.29, 0.717) is 39.0 Å². The van der Waals surface area contributed by atoms with Crippen molar-refractivity contribution in [1.29, 1.82) is 0 Å². The van der Waals surface area contributed by atoms with Crippen LogP contribution in [0, 0.1) is 11.8 Å². The Balaban J connectivity index is 0.000000320. The highest BCUT2D eigenvalue weighted by molar-refractivity contribution is 6.68. The molecular weight excluding hydrogens is 553 g/mol. The molecule has 0 saturated carbocycles. The van der Waals surface area contributed by atoms with Crippen LogP contribution in [0.1, 0.15) is 25.7 Å². The van der Waals surface area contributed by atoms with Gasteiger partial charge in [-0.25, -0.2) is 9.59 Å². The molecule has 186 valence electrons. The van der Waals surface area contributed by atoms with Crippen LogP contribution >= 0.6 is 69.6 Å². The van der Waals surface area contributed by atoms with Gasteiger partial charge in [0.15, 0.2) is 0 Å². The van der Waals surface area contributed by atoms with E-state index in [2.05, 4.69) is 0 Å². The van der Waals surface area contributed by atoms with E-state index in [4.69, 9.17) is 84.2 Å². The molecule has 2 saturated heterocycles. The molecule has 2 fully saturated rings.